The lowest BCUT2D eigenvalue weighted by atomic mass is 10.1. The molecule has 1 aliphatic heterocycles. The maximum atomic E-state index is 5.93. The molecule has 1 heterocycles. The number of ether oxygens (including phenoxy) is 1. The van der Waals surface area contributed by atoms with Gasteiger partial charge in [-0.05, 0) is 37.5 Å². The number of nitrogens with one attached hydrogen (secondary N) is 1. The van der Waals surface area contributed by atoms with Crippen LogP contribution in [-0.2, 0) is 0 Å². The Morgan fingerprint density at radius 2 is 2.29 bits per heavy atom. The fourth-order valence-electron chi connectivity index (χ4n) is 1.97. The molecule has 0 bridgehead atoms. The first-order chi connectivity index (χ1) is 8.26. The van der Waals surface area contributed by atoms with Gasteiger partial charge in [0, 0.05) is 5.69 Å². The largest absolute Gasteiger partial charge is 0.480 e. The van der Waals surface area contributed by atoms with Crippen LogP contribution < -0.4 is 15.8 Å². The fourth-order valence-corrected chi connectivity index (χ4v) is 1.97. The van der Waals surface area contributed by atoms with Gasteiger partial charge in [-0.15, -0.1) is 0 Å². The zero-order valence-electron chi connectivity index (χ0n) is 9.94. The Kier molecular flexibility index (Phi) is 2.42. The van der Waals surface area contributed by atoms with Gasteiger partial charge < -0.3 is 15.8 Å². The summed E-state index contributed by atoms with van der Waals surface area (Å²) in [5, 5.41) is 3.36. The van der Waals surface area contributed by atoms with E-state index in [1.807, 2.05) is 18.2 Å². The lowest BCUT2D eigenvalue weighted by molar-refractivity contribution is 0.258. The molecule has 0 radical (unpaired) electrons. The number of amidine groups is 1. The van der Waals surface area contributed by atoms with E-state index < -0.39 is 0 Å². The van der Waals surface area contributed by atoms with Crippen LogP contribution in [0.5, 0.6) is 5.75 Å². The second-order valence-electron chi connectivity index (χ2n) is 4.64. The Bertz CT molecular complexity index is 466. The number of aliphatic imine (C=N–C) groups is 1. The summed E-state index contributed by atoms with van der Waals surface area (Å²) in [5.74, 6) is 1.81. The standard InChI is InChI=1S/C13H17N3O/c1-2-11-13(15-9-4-5-9)16-10-7-8(14)3-6-12(10)17-11/h3,6-7,9,11H,2,4-5,14H2,1H3,(H,15,16). The van der Waals surface area contributed by atoms with Gasteiger partial charge in [-0.2, -0.15) is 0 Å². The molecule has 2 aliphatic rings. The van der Waals surface area contributed by atoms with Gasteiger partial charge in [0.15, 0.2) is 6.10 Å². The average Bonchev–Trinajstić information content (AvgIpc) is 3.12. The van der Waals surface area contributed by atoms with Crippen LogP contribution in [0.3, 0.4) is 0 Å². The third-order valence-corrected chi connectivity index (χ3v) is 3.08. The molecule has 1 saturated carbocycles. The van der Waals surface area contributed by atoms with Gasteiger partial charge in [0.1, 0.15) is 11.6 Å². The molecule has 1 aromatic carbocycles. The minimum atomic E-state index is 0.0479. The van der Waals surface area contributed by atoms with E-state index in [1.165, 1.54) is 12.8 Å². The molecule has 1 aromatic rings. The highest BCUT2D eigenvalue weighted by atomic mass is 16.5. The third-order valence-electron chi connectivity index (χ3n) is 3.08. The topological polar surface area (TPSA) is 59.6 Å². The van der Waals surface area contributed by atoms with Crippen LogP contribution >= 0.6 is 0 Å². The molecule has 0 aromatic heterocycles. The molecule has 4 heteroatoms. The van der Waals surface area contributed by atoms with Crippen molar-refractivity contribution in [2.24, 2.45) is 4.99 Å². The van der Waals surface area contributed by atoms with Crippen LogP contribution in [0.2, 0.25) is 0 Å². The van der Waals surface area contributed by atoms with Crippen molar-refractivity contribution in [3.8, 4) is 5.75 Å². The molecule has 0 amide bonds. The Labute approximate surface area is 101 Å². The van der Waals surface area contributed by atoms with Crippen LogP contribution in [0.15, 0.2) is 23.2 Å². The number of hydrogen-bond acceptors (Lipinski definition) is 3. The predicted octanol–water partition coefficient (Wildman–Crippen LogP) is 2.41. The average molecular weight is 231 g/mol. The number of nitrogens with two attached hydrogens (primary N) is 1. The fraction of sp³-hybridized carbons (Fsp3) is 0.462. The van der Waals surface area contributed by atoms with E-state index in [0.29, 0.717) is 6.04 Å². The molecule has 1 fully saturated rings. The quantitative estimate of drug-likeness (QED) is 0.768. The first-order valence-electron chi connectivity index (χ1n) is 6.17. The summed E-state index contributed by atoms with van der Waals surface area (Å²) in [6.45, 7) is 2.11. The van der Waals surface area contributed by atoms with Crippen molar-refractivity contribution < 1.29 is 4.74 Å². The molecule has 90 valence electrons. The molecule has 1 aliphatic carbocycles. The molecule has 0 saturated heterocycles. The molecule has 3 N–H and O–H groups in total. The molecule has 4 nitrogen and oxygen atoms in total. The number of fused-ring (bicyclic) bond motifs is 1. The van der Waals surface area contributed by atoms with Crippen molar-refractivity contribution in [1.29, 1.82) is 0 Å². The van der Waals surface area contributed by atoms with Crippen molar-refractivity contribution >= 4 is 17.2 Å². The van der Waals surface area contributed by atoms with E-state index in [4.69, 9.17) is 10.5 Å². The number of nitrogen functional groups attached to an aromatic ring is 1. The minimum absolute atomic E-state index is 0.0479. The maximum Gasteiger partial charge on any atom is 0.155 e. The SMILES string of the molecule is CCC1Oc2ccc(N)cc2NC1=NC1CC1. The first kappa shape index (κ1) is 10.4. The molecular formula is C13H17N3O. The van der Waals surface area contributed by atoms with Crippen molar-refractivity contribution in [3.05, 3.63) is 18.2 Å². The Hall–Kier alpha value is -1.71. The predicted molar refractivity (Wildman–Crippen MR) is 69.6 cm³/mol. The van der Waals surface area contributed by atoms with Crippen LogP contribution in [0.25, 0.3) is 0 Å². The highest BCUT2D eigenvalue weighted by Gasteiger charge is 2.28. The number of rotatable bonds is 2. The summed E-state index contributed by atoms with van der Waals surface area (Å²) < 4.78 is 5.93. The highest BCUT2D eigenvalue weighted by molar-refractivity contribution is 6.02. The molecular weight excluding hydrogens is 214 g/mol. The smallest absolute Gasteiger partial charge is 0.155 e. The maximum absolute atomic E-state index is 5.93. The summed E-state index contributed by atoms with van der Waals surface area (Å²) in [7, 11) is 0. The second-order valence-corrected chi connectivity index (χ2v) is 4.64. The van der Waals surface area contributed by atoms with Gasteiger partial charge in [0.25, 0.3) is 0 Å². The lowest BCUT2D eigenvalue weighted by Gasteiger charge is -2.28. The summed E-state index contributed by atoms with van der Waals surface area (Å²) >= 11 is 0. The van der Waals surface area contributed by atoms with E-state index in [9.17, 15) is 0 Å². The third kappa shape index (κ3) is 2.07. The number of benzene rings is 1. The second kappa shape index (κ2) is 3.95. The van der Waals surface area contributed by atoms with Gasteiger partial charge in [-0.25, -0.2) is 0 Å². The molecule has 17 heavy (non-hydrogen) atoms. The molecule has 3 rings (SSSR count). The Balaban J connectivity index is 1.92. The zero-order valence-corrected chi connectivity index (χ0v) is 9.94. The van der Waals surface area contributed by atoms with E-state index in [-0.39, 0.29) is 6.10 Å². The lowest BCUT2D eigenvalue weighted by Crippen LogP contribution is -2.37. The summed E-state index contributed by atoms with van der Waals surface area (Å²) in [6, 6.07) is 6.16. The number of nitrogens with zero attached hydrogens (tertiary/aromatic N) is 1. The molecule has 1 unspecified atom stereocenters. The zero-order chi connectivity index (χ0) is 11.8. The van der Waals surface area contributed by atoms with Crippen molar-refractivity contribution in [3.63, 3.8) is 0 Å². The van der Waals surface area contributed by atoms with Crippen LogP contribution in [0.1, 0.15) is 26.2 Å². The van der Waals surface area contributed by atoms with E-state index in [2.05, 4.69) is 17.2 Å². The monoisotopic (exact) mass is 231 g/mol. The van der Waals surface area contributed by atoms with E-state index in [0.717, 1.165) is 29.4 Å². The van der Waals surface area contributed by atoms with Gasteiger partial charge in [-0.3, -0.25) is 4.99 Å². The van der Waals surface area contributed by atoms with Crippen molar-refractivity contribution in [2.75, 3.05) is 11.1 Å². The van der Waals surface area contributed by atoms with Gasteiger partial charge in [0.05, 0.1) is 11.7 Å². The van der Waals surface area contributed by atoms with Gasteiger partial charge in [0.2, 0.25) is 0 Å². The normalized spacial score (nSPS) is 25.0. The summed E-state index contributed by atoms with van der Waals surface area (Å²) in [6.07, 6.45) is 3.37. The summed E-state index contributed by atoms with van der Waals surface area (Å²) in [4.78, 5) is 4.67. The Morgan fingerprint density at radius 1 is 1.47 bits per heavy atom. The minimum Gasteiger partial charge on any atom is -0.480 e. The summed E-state index contributed by atoms with van der Waals surface area (Å²) in [5.41, 5.74) is 7.43. The van der Waals surface area contributed by atoms with Crippen LogP contribution in [-0.4, -0.2) is 18.0 Å². The van der Waals surface area contributed by atoms with Gasteiger partial charge in [-0.1, -0.05) is 6.92 Å². The Morgan fingerprint density at radius 3 is 3.00 bits per heavy atom. The highest BCUT2D eigenvalue weighted by Crippen LogP contribution is 2.33. The van der Waals surface area contributed by atoms with E-state index in [1.54, 1.807) is 0 Å². The van der Waals surface area contributed by atoms with Crippen molar-refractivity contribution in [1.82, 2.24) is 0 Å². The van der Waals surface area contributed by atoms with E-state index >= 15 is 0 Å². The van der Waals surface area contributed by atoms with Crippen LogP contribution in [0.4, 0.5) is 11.4 Å². The first-order valence-corrected chi connectivity index (χ1v) is 6.17. The molecule has 0 spiro atoms. The van der Waals surface area contributed by atoms with Gasteiger partial charge >= 0.3 is 0 Å². The van der Waals surface area contributed by atoms with Crippen molar-refractivity contribution in [2.45, 2.75) is 38.3 Å². The number of hydrogen-bond donors (Lipinski definition) is 2. The number of anilines is 2. The van der Waals surface area contributed by atoms with Crippen LogP contribution in [0, 0.1) is 0 Å². The molecule has 1 atom stereocenters.